The van der Waals surface area contributed by atoms with E-state index >= 15 is 0 Å². The molecule has 3 aliphatic heterocycles. The van der Waals surface area contributed by atoms with Crippen LogP contribution in [0, 0.1) is 18.7 Å². The van der Waals surface area contributed by atoms with Crippen molar-refractivity contribution < 1.29 is 18.7 Å². The van der Waals surface area contributed by atoms with Gasteiger partial charge in [-0.25, -0.2) is 9.38 Å². The number of amidine groups is 1. The summed E-state index contributed by atoms with van der Waals surface area (Å²) in [7, 11) is 0. The molecule has 3 aromatic rings. The van der Waals surface area contributed by atoms with Gasteiger partial charge in [0.1, 0.15) is 5.82 Å². The molecule has 9 nitrogen and oxygen atoms in total. The van der Waals surface area contributed by atoms with E-state index in [9.17, 15) is 14.0 Å². The van der Waals surface area contributed by atoms with E-state index in [1.807, 2.05) is 85.3 Å². The number of aliphatic imine (C=N–C) groups is 1. The van der Waals surface area contributed by atoms with E-state index in [4.69, 9.17) is 4.74 Å². The number of hydrogen-bond donors (Lipinski definition) is 3. The van der Waals surface area contributed by atoms with Crippen molar-refractivity contribution in [1.29, 1.82) is 0 Å². The van der Waals surface area contributed by atoms with Gasteiger partial charge in [-0.3, -0.25) is 9.59 Å². The van der Waals surface area contributed by atoms with Gasteiger partial charge < -0.3 is 30.5 Å². The van der Waals surface area contributed by atoms with Crippen LogP contribution in [0.3, 0.4) is 0 Å². The van der Waals surface area contributed by atoms with Gasteiger partial charge in [0.05, 0.1) is 30.9 Å². The van der Waals surface area contributed by atoms with Gasteiger partial charge in [0.2, 0.25) is 5.91 Å². The molecule has 0 aromatic heterocycles. The van der Waals surface area contributed by atoms with Crippen molar-refractivity contribution in [3.05, 3.63) is 113 Å². The van der Waals surface area contributed by atoms with Gasteiger partial charge in [-0.15, -0.1) is 0 Å². The third-order valence-corrected chi connectivity index (χ3v) is 8.48. The van der Waals surface area contributed by atoms with Crippen LogP contribution in [-0.2, 0) is 9.53 Å². The van der Waals surface area contributed by atoms with Crippen LogP contribution in [-0.4, -0.2) is 55.4 Å². The first-order chi connectivity index (χ1) is 21.8. The number of nitrogens with zero attached hydrogens (tertiary/aromatic N) is 3. The number of benzene rings is 3. The van der Waals surface area contributed by atoms with Gasteiger partial charge in [-0.05, 0) is 67.8 Å². The Hall–Kier alpha value is -4.96. The molecule has 0 bridgehead atoms. The van der Waals surface area contributed by atoms with Crippen LogP contribution in [0.4, 0.5) is 21.5 Å². The zero-order valence-corrected chi connectivity index (χ0v) is 25.6. The summed E-state index contributed by atoms with van der Waals surface area (Å²) in [6.07, 6.45) is 3.59. The smallest absolute Gasteiger partial charge is 0.255 e. The number of halogens is 1. The largest absolute Gasteiger partial charge is 0.378 e. The number of hydrogen-bond acceptors (Lipinski definition) is 7. The fourth-order valence-corrected chi connectivity index (χ4v) is 5.91. The highest BCUT2D eigenvalue weighted by Gasteiger charge is 2.36. The van der Waals surface area contributed by atoms with Crippen LogP contribution < -0.4 is 20.9 Å². The maximum absolute atomic E-state index is 14.5. The second kappa shape index (κ2) is 13.0. The van der Waals surface area contributed by atoms with E-state index in [0.717, 1.165) is 28.1 Å². The number of nitrogens with one attached hydrogen (secondary N) is 3. The molecule has 0 saturated carbocycles. The molecule has 3 aromatic carbocycles. The predicted octanol–water partition coefficient (Wildman–Crippen LogP) is 5.60. The minimum absolute atomic E-state index is 0.0338. The van der Waals surface area contributed by atoms with Crippen molar-refractivity contribution in [3.8, 4) is 0 Å². The Bertz CT molecular complexity index is 1700. The number of anilines is 3. The zero-order valence-electron chi connectivity index (χ0n) is 25.6. The molecule has 1 fully saturated rings. The summed E-state index contributed by atoms with van der Waals surface area (Å²) < 4.78 is 19.9. The van der Waals surface area contributed by atoms with Crippen molar-refractivity contribution >= 4 is 34.7 Å². The Morgan fingerprint density at radius 2 is 1.80 bits per heavy atom. The summed E-state index contributed by atoms with van der Waals surface area (Å²) in [6, 6.07) is 19.7. The van der Waals surface area contributed by atoms with E-state index in [1.165, 1.54) is 12.1 Å². The molecule has 2 unspecified atom stereocenters. The first kappa shape index (κ1) is 30.1. The third-order valence-electron chi connectivity index (χ3n) is 8.48. The fourth-order valence-electron chi connectivity index (χ4n) is 5.91. The summed E-state index contributed by atoms with van der Waals surface area (Å²) in [5, 5.41) is 9.50. The van der Waals surface area contributed by atoms with Crippen LogP contribution >= 0.6 is 0 Å². The number of ether oxygens (including phenoxy) is 1. The quantitative estimate of drug-likeness (QED) is 0.323. The monoisotopic (exact) mass is 608 g/mol. The molecule has 1 saturated heterocycles. The maximum atomic E-state index is 14.5. The average molecular weight is 609 g/mol. The number of carbonyl (C=O) groups excluding carboxylic acids is 2. The summed E-state index contributed by atoms with van der Waals surface area (Å²) in [4.78, 5) is 35.3. The maximum Gasteiger partial charge on any atom is 0.255 e. The van der Waals surface area contributed by atoms with Crippen LogP contribution in [0.1, 0.15) is 41.4 Å². The van der Waals surface area contributed by atoms with Crippen molar-refractivity contribution in [1.82, 2.24) is 10.2 Å². The Morgan fingerprint density at radius 3 is 2.58 bits per heavy atom. The van der Waals surface area contributed by atoms with E-state index in [2.05, 4.69) is 20.9 Å². The lowest BCUT2D eigenvalue weighted by atomic mass is 10.00. The Kier molecular flexibility index (Phi) is 8.66. The molecule has 45 heavy (non-hydrogen) atoms. The standard InChI is InChI=1S/C35H37FN6O3/c1-22-9-10-28(39-34(43)26-17-27(36)19-29(18-26)41-13-15-45-16-14-41)20-31(22)40-33-32-23(2)30(21-42(32)12-11-37-33)35(44)38-24(3)25-7-5-4-6-8-25/h4-12,17-20,24,30H,13-16,21H2,1-3H3,(H,37,40)(H,38,44)(H,39,43). The van der Waals surface area contributed by atoms with E-state index < -0.39 is 11.7 Å². The highest BCUT2D eigenvalue weighted by atomic mass is 19.1. The Labute approximate surface area is 262 Å². The van der Waals surface area contributed by atoms with Crippen molar-refractivity contribution in [2.45, 2.75) is 26.8 Å². The van der Waals surface area contributed by atoms with E-state index in [1.54, 1.807) is 12.3 Å². The Morgan fingerprint density at radius 1 is 1.02 bits per heavy atom. The van der Waals surface area contributed by atoms with E-state index in [-0.39, 0.29) is 23.4 Å². The lowest BCUT2D eigenvalue weighted by Gasteiger charge is -2.29. The van der Waals surface area contributed by atoms with Gasteiger partial charge in [-0.2, -0.15) is 0 Å². The van der Waals surface area contributed by atoms with Crippen LogP contribution in [0.5, 0.6) is 0 Å². The lowest BCUT2D eigenvalue weighted by molar-refractivity contribution is -0.124. The molecule has 3 aliphatic rings. The molecule has 6 rings (SSSR count). The molecule has 0 spiro atoms. The fraction of sp³-hybridized carbons (Fsp3) is 0.286. The van der Waals surface area contributed by atoms with Crippen molar-refractivity contribution in [2.24, 2.45) is 10.9 Å². The van der Waals surface area contributed by atoms with Gasteiger partial charge in [0.25, 0.3) is 5.91 Å². The molecule has 232 valence electrons. The highest BCUT2D eigenvalue weighted by molar-refractivity contribution is 6.11. The number of morpholine rings is 1. The summed E-state index contributed by atoms with van der Waals surface area (Å²) >= 11 is 0. The number of amides is 2. The molecule has 3 N–H and O–H groups in total. The van der Waals surface area contributed by atoms with E-state index in [0.29, 0.717) is 50.1 Å². The lowest BCUT2D eigenvalue weighted by Crippen LogP contribution is -2.36. The van der Waals surface area contributed by atoms with Crippen LogP contribution in [0.25, 0.3) is 0 Å². The minimum Gasteiger partial charge on any atom is -0.378 e. The second-order valence-electron chi connectivity index (χ2n) is 11.6. The molecule has 0 radical (unpaired) electrons. The zero-order chi connectivity index (χ0) is 31.5. The topological polar surface area (TPSA) is 98.3 Å². The van der Waals surface area contributed by atoms with Gasteiger partial charge in [-0.1, -0.05) is 36.4 Å². The molecule has 0 aliphatic carbocycles. The predicted molar refractivity (Wildman–Crippen MR) is 175 cm³/mol. The molecular formula is C35H37FN6O3. The van der Waals surface area contributed by atoms with Crippen LogP contribution in [0.15, 0.2) is 95.4 Å². The van der Waals surface area contributed by atoms with Gasteiger partial charge in [0.15, 0.2) is 5.84 Å². The molecule has 2 amide bonds. The Balaban J connectivity index is 1.17. The van der Waals surface area contributed by atoms with Gasteiger partial charge >= 0.3 is 0 Å². The number of rotatable bonds is 7. The third kappa shape index (κ3) is 6.61. The van der Waals surface area contributed by atoms with Crippen molar-refractivity contribution in [2.75, 3.05) is 48.4 Å². The number of aryl methyl sites for hydroxylation is 1. The first-order valence-corrected chi connectivity index (χ1v) is 15.2. The molecule has 2 atom stereocenters. The summed E-state index contributed by atoms with van der Waals surface area (Å²) in [5.41, 5.74) is 5.97. The van der Waals surface area contributed by atoms with Gasteiger partial charge in [0, 0.05) is 54.7 Å². The SMILES string of the molecule is CC1=C2C(Nc3cc(NC(=O)c4cc(F)cc(N5CCOCC5)c4)ccc3C)=NC=CN2CC1C(=O)NC(C)c1ccccc1. The molecule has 10 heteroatoms. The first-order valence-electron chi connectivity index (χ1n) is 15.2. The molecule has 3 heterocycles. The van der Waals surface area contributed by atoms with Crippen LogP contribution in [0.2, 0.25) is 0 Å². The minimum atomic E-state index is -0.468. The number of fused-ring (bicyclic) bond motifs is 1. The molecular weight excluding hydrogens is 571 g/mol. The highest BCUT2D eigenvalue weighted by Crippen LogP contribution is 2.33. The number of carbonyl (C=O) groups is 2. The normalized spacial score (nSPS) is 18.3. The van der Waals surface area contributed by atoms with Crippen molar-refractivity contribution in [3.63, 3.8) is 0 Å². The summed E-state index contributed by atoms with van der Waals surface area (Å²) in [5.74, 6) is -0.621. The average Bonchev–Trinajstić information content (AvgIpc) is 3.40. The summed E-state index contributed by atoms with van der Waals surface area (Å²) in [6.45, 7) is 8.84. The second-order valence-corrected chi connectivity index (χ2v) is 11.6.